The van der Waals surface area contributed by atoms with E-state index in [2.05, 4.69) is 10.2 Å². The highest BCUT2D eigenvalue weighted by Crippen LogP contribution is 2.29. The molecule has 0 bridgehead atoms. The molecule has 0 aliphatic carbocycles. The number of non-ortho nitro benzene ring substituents is 1. The molecule has 0 aliphatic rings. The molecule has 0 radical (unpaired) electrons. The first-order chi connectivity index (χ1) is 13.1. The summed E-state index contributed by atoms with van der Waals surface area (Å²) in [6.07, 6.45) is 0.621. The lowest BCUT2D eigenvalue weighted by Crippen LogP contribution is -2.00. The number of carbonyl (C=O) groups is 1. The summed E-state index contributed by atoms with van der Waals surface area (Å²) < 4.78 is 1.87. The van der Waals surface area contributed by atoms with Gasteiger partial charge in [0, 0.05) is 35.6 Å². The Kier molecular flexibility index (Phi) is 5.82. The van der Waals surface area contributed by atoms with Crippen molar-refractivity contribution in [1.82, 2.24) is 14.8 Å². The molecule has 0 amide bonds. The van der Waals surface area contributed by atoms with Gasteiger partial charge in [-0.2, -0.15) is 0 Å². The lowest BCUT2D eigenvalue weighted by molar-refractivity contribution is -0.384. The number of carboxylic acid groups (broad SMARTS) is 1. The molecule has 0 aliphatic heterocycles. The van der Waals surface area contributed by atoms with Gasteiger partial charge in [0.15, 0.2) is 11.0 Å². The molecule has 1 heterocycles. The number of nitro benzene ring substituents is 1. The zero-order valence-electron chi connectivity index (χ0n) is 14.2. The predicted molar refractivity (Wildman–Crippen MR) is 101 cm³/mol. The highest BCUT2D eigenvalue weighted by atomic mass is 32.2. The van der Waals surface area contributed by atoms with Gasteiger partial charge in [-0.05, 0) is 30.7 Å². The molecule has 0 saturated carbocycles. The minimum Gasteiger partial charge on any atom is -0.481 e. The van der Waals surface area contributed by atoms with Crippen LogP contribution < -0.4 is 0 Å². The highest BCUT2D eigenvalue weighted by molar-refractivity contribution is 7.99. The first-order valence-corrected chi connectivity index (χ1v) is 9.15. The number of carboxylic acids is 1. The standard InChI is InChI=1S/C18H16N4O4S/c23-16(24)7-4-12-27-18-20-19-17(21(18)14-5-2-1-3-6-14)13-8-10-15(11-9-13)22(25)26/h1-3,5-6,8-11H,4,7,12H2,(H,23,24). The van der Waals surface area contributed by atoms with E-state index in [4.69, 9.17) is 5.11 Å². The van der Waals surface area contributed by atoms with Crippen molar-refractivity contribution in [2.24, 2.45) is 0 Å². The molecule has 0 spiro atoms. The van der Waals surface area contributed by atoms with Gasteiger partial charge >= 0.3 is 5.97 Å². The summed E-state index contributed by atoms with van der Waals surface area (Å²) in [7, 11) is 0. The van der Waals surface area contributed by atoms with Crippen LogP contribution in [0.15, 0.2) is 59.8 Å². The Bertz CT molecular complexity index is 942. The summed E-state index contributed by atoms with van der Waals surface area (Å²) in [5, 5.41) is 28.8. The van der Waals surface area contributed by atoms with E-state index in [1.54, 1.807) is 12.1 Å². The average molecular weight is 384 g/mol. The fourth-order valence-electron chi connectivity index (χ4n) is 2.48. The zero-order chi connectivity index (χ0) is 19.2. The van der Waals surface area contributed by atoms with Gasteiger partial charge in [-0.3, -0.25) is 19.5 Å². The Morgan fingerprint density at radius 2 is 1.81 bits per heavy atom. The maximum absolute atomic E-state index is 10.9. The van der Waals surface area contributed by atoms with Crippen LogP contribution in [0, 0.1) is 10.1 Å². The second-order valence-corrected chi connectivity index (χ2v) is 6.69. The van der Waals surface area contributed by atoms with Crippen LogP contribution in [-0.4, -0.2) is 36.5 Å². The first kappa shape index (κ1) is 18.6. The van der Waals surface area contributed by atoms with Crippen molar-refractivity contribution in [3.8, 4) is 17.1 Å². The molecule has 3 aromatic rings. The Morgan fingerprint density at radius 3 is 2.44 bits per heavy atom. The lowest BCUT2D eigenvalue weighted by atomic mass is 10.2. The van der Waals surface area contributed by atoms with Crippen LogP contribution in [0.1, 0.15) is 12.8 Å². The SMILES string of the molecule is O=C(O)CCCSc1nnc(-c2ccc([N+](=O)[O-])cc2)n1-c1ccccc1. The minimum atomic E-state index is -0.827. The number of rotatable bonds is 8. The second kappa shape index (κ2) is 8.45. The van der Waals surface area contributed by atoms with Crippen molar-refractivity contribution in [3.63, 3.8) is 0 Å². The fourth-order valence-corrected chi connectivity index (χ4v) is 3.37. The van der Waals surface area contributed by atoms with Gasteiger partial charge in [-0.1, -0.05) is 30.0 Å². The van der Waals surface area contributed by atoms with E-state index in [0.29, 0.717) is 28.7 Å². The summed E-state index contributed by atoms with van der Waals surface area (Å²) in [4.78, 5) is 21.1. The topological polar surface area (TPSA) is 111 Å². The summed E-state index contributed by atoms with van der Waals surface area (Å²) >= 11 is 1.43. The molecule has 27 heavy (non-hydrogen) atoms. The number of benzene rings is 2. The van der Waals surface area contributed by atoms with Crippen LogP contribution in [0.4, 0.5) is 5.69 Å². The van der Waals surface area contributed by atoms with Crippen LogP contribution in [0.3, 0.4) is 0 Å². The molecular weight excluding hydrogens is 368 g/mol. The summed E-state index contributed by atoms with van der Waals surface area (Å²) in [5.74, 6) is 0.334. The molecule has 0 saturated heterocycles. The molecule has 9 heteroatoms. The monoisotopic (exact) mass is 384 g/mol. The summed E-state index contributed by atoms with van der Waals surface area (Å²) in [6.45, 7) is 0. The minimum absolute atomic E-state index is 0.00722. The number of hydrogen-bond donors (Lipinski definition) is 1. The number of aromatic nitrogens is 3. The highest BCUT2D eigenvalue weighted by Gasteiger charge is 2.17. The van der Waals surface area contributed by atoms with E-state index in [9.17, 15) is 14.9 Å². The van der Waals surface area contributed by atoms with Crippen molar-refractivity contribution in [2.75, 3.05) is 5.75 Å². The molecule has 8 nitrogen and oxygen atoms in total. The normalized spacial score (nSPS) is 10.7. The van der Waals surface area contributed by atoms with Crippen LogP contribution in [0.2, 0.25) is 0 Å². The fraction of sp³-hybridized carbons (Fsp3) is 0.167. The third-order valence-corrected chi connectivity index (χ3v) is 4.77. The molecular formula is C18H16N4O4S. The summed E-state index contributed by atoms with van der Waals surface area (Å²) in [6, 6.07) is 15.7. The van der Waals surface area contributed by atoms with Crippen LogP contribution in [0.5, 0.6) is 0 Å². The van der Waals surface area contributed by atoms with Gasteiger partial charge in [-0.15, -0.1) is 10.2 Å². The van der Waals surface area contributed by atoms with Crippen molar-refractivity contribution in [3.05, 3.63) is 64.7 Å². The molecule has 0 fully saturated rings. The van der Waals surface area contributed by atoms with Crippen LogP contribution in [0.25, 0.3) is 17.1 Å². The predicted octanol–water partition coefficient (Wildman–Crippen LogP) is 3.80. The van der Waals surface area contributed by atoms with Gasteiger partial charge in [0.25, 0.3) is 5.69 Å². The average Bonchev–Trinajstić information content (AvgIpc) is 3.09. The zero-order valence-corrected chi connectivity index (χ0v) is 15.0. The lowest BCUT2D eigenvalue weighted by Gasteiger charge is -2.10. The molecule has 0 unspecified atom stereocenters. The molecule has 3 rings (SSSR count). The Labute approximate surface area is 159 Å². The summed E-state index contributed by atoms with van der Waals surface area (Å²) in [5.41, 5.74) is 1.57. The third-order valence-electron chi connectivity index (χ3n) is 3.75. The number of nitrogens with zero attached hydrogens (tertiary/aromatic N) is 4. The van der Waals surface area contributed by atoms with E-state index >= 15 is 0 Å². The van der Waals surface area contributed by atoms with Gasteiger partial charge in [0.1, 0.15) is 0 Å². The van der Waals surface area contributed by atoms with Crippen molar-refractivity contribution >= 4 is 23.4 Å². The Hall–Kier alpha value is -3.20. The number of nitro groups is 1. The number of aliphatic carboxylic acids is 1. The molecule has 2 aromatic carbocycles. The van der Waals surface area contributed by atoms with E-state index in [0.717, 1.165) is 5.69 Å². The number of thioether (sulfide) groups is 1. The Morgan fingerprint density at radius 1 is 1.11 bits per heavy atom. The van der Waals surface area contributed by atoms with Crippen molar-refractivity contribution < 1.29 is 14.8 Å². The number of para-hydroxylation sites is 1. The molecule has 1 aromatic heterocycles. The van der Waals surface area contributed by atoms with Crippen molar-refractivity contribution in [2.45, 2.75) is 18.0 Å². The van der Waals surface area contributed by atoms with Crippen LogP contribution >= 0.6 is 11.8 Å². The Balaban J connectivity index is 1.94. The van der Waals surface area contributed by atoms with Gasteiger partial charge < -0.3 is 5.11 Å². The smallest absolute Gasteiger partial charge is 0.303 e. The largest absolute Gasteiger partial charge is 0.481 e. The number of hydrogen-bond acceptors (Lipinski definition) is 6. The first-order valence-electron chi connectivity index (χ1n) is 8.16. The van der Waals surface area contributed by atoms with Gasteiger partial charge in [0.05, 0.1) is 4.92 Å². The maximum Gasteiger partial charge on any atom is 0.303 e. The van der Waals surface area contributed by atoms with Crippen LogP contribution in [-0.2, 0) is 4.79 Å². The van der Waals surface area contributed by atoms with E-state index in [1.807, 2.05) is 34.9 Å². The third kappa shape index (κ3) is 4.50. The molecule has 0 atom stereocenters. The van der Waals surface area contributed by atoms with E-state index < -0.39 is 10.9 Å². The molecule has 1 N–H and O–H groups in total. The van der Waals surface area contributed by atoms with Gasteiger partial charge in [0.2, 0.25) is 0 Å². The van der Waals surface area contributed by atoms with E-state index in [1.165, 1.54) is 23.9 Å². The molecule has 138 valence electrons. The van der Waals surface area contributed by atoms with E-state index in [-0.39, 0.29) is 12.1 Å². The second-order valence-electron chi connectivity index (χ2n) is 5.63. The quantitative estimate of drug-likeness (QED) is 0.272. The van der Waals surface area contributed by atoms with Gasteiger partial charge in [-0.25, -0.2) is 0 Å². The maximum atomic E-state index is 10.9. The van der Waals surface area contributed by atoms with Crippen molar-refractivity contribution in [1.29, 1.82) is 0 Å².